The molecule has 0 aliphatic rings. The number of para-hydroxylation sites is 2. The Bertz CT molecular complexity index is 821. The third-order valence-corrected chi connectivity index (χ3v) is 4.49. The minimum absolute atomic E-state index is 0.183. The van der Waals surface area contributed by atoms with E-state index in [0.717, 1.165) is 0 Å². The summed E-state index contributed by atoms with van der Waals surface area (Å²) in [6.45, 7) is 3.78. The topological polar surface area (TPSA) is 81.7 Å². The molecular weight excluding hydrogens is 354 g/mol. The molecule has 0 bridgehead atoms. The quantitative estimate of drug-likeness (QED) is 0.753. The number of carbonyl (C=O) groups is 2. The van der Waals surface area contributed by atoms with Crippen molar-refractivity contribution in [3.63, 3.8) is 0 Å². The number of nitrogens with one attached hydrogen (secondary N) is 1. The molecule has 0 aliphatic carbocycles. The Hall–Kier alpha value is -2.67. The summed E-state index contributed by atoms with van der Waals surface area (Å²) in [7, 11) is -1.34. The highest BCUT2D eigenvalue weighted by atomic mass is 32.2. The first-order valence-corrected chi connectivity index (χ1v) is 9.66. The average Bonchev–Trinajstić information content (AvgIpc) is 2.63. The van der Waals surface area contributed by atoms with E-state index in [9.17, 15) is 13.8 Å². The number of esters is 1. The molecule has 2 atom stereocenters. The van der Waals surface area contributed by atoms with Gasteiger partial charge in [-0.15, -0.1) is 0 Å². The van der Waals surface area contributed by atoms with E-state index in [1.54, 1.807) is 42.5 Å². The van der Waals surface area contributed by atoms with Crippen molar-refractivity contribution in [2.75, 3.05) is 18.2 Å². The van der Waals surface area contributed by atoms with E-state index in [1.165, 1.54) is 19.2 Å². The molecule has 0 spiro atoms. The average molecular weight is 375 g/mol. The summed E-state index contributed by atoms with van der Waals surface area (Å²) in [5.74, 6) is -0.647. The Kier molecular flexibility index (Phi) is 6.91. The van der Waals surface area contributed by atoms with Gasteiger partial charge in [-0.1, -0.05) is 24.3 Å². The van der Waals surface area contributed by atoms with Gasteiger partial charge in [-0.25, -0.2) is 4.79 Å². The largest absolute Gasteiger partial charge is 0.492 e. The van der Waals surface area contributed by atoms with Crippen molar-refractivity contribution in [2.24, 2.45) is 0 Å². The van der Waals surface area contributed by atoms with Gasteiger partial charge in [0.2, 0.25) is 0 Å². The standard InChI is InChI=1S/C19H21NO5S/c1-4-24-16-11-7-6-10-15(16)20-18(21)13(2)25-19(22)14-9-5-8-12-17(14)26(3)23/h5-13H,4H2,1-3H3,(H,20,21)/t13-,26-/m1/s1. The van der Waals surface area contributed by atoms with Crippen LogP contribution in [0.2, 0.25) is 0 Å². The van der Waals surface area contributed by atoms with Crippen LogP contribution < -0.4 is 10.1 Å². The number of ether oxygens (including phenoxy) is 2. The zero-order valence-electron chi connectivity index (χ0n) is 14.9. The molecule has 0 fully saturated rings. The molecular formula is C19H21NO5S. The van der Waals surface area contributed by atoms with Crippen LogP contribution in [-0.4, -0.2) is 35.1 Å². The van der Waals surface area contributed by atoms with Crippen molar-refractivity contribution in [1.82, 2.24) is 0 Å². The van der Waals surface area contributed by atoms with Gasteiger partial charge in [0.25, 0.3) is 5.91 Å². The summed E-state index contributed by atoms with van der Waals surface area (Å²) in [5.41, 5.74) is 0.681. The third-order valence-electron chi connectivity index (χ3n) is 3.51. The monoisotopic (exact) mass is 375 g/mol. The first-order chi connectivity index (χ1) is 12.4. The fraction of sp³-hybridized carbons (Fsp3) is 0.263. The van der Waals surface area contributed by atoms with Crippen molar-refractivity contribution in [1.29, 1.82) is 0 Å². The number of hydrogen-bond donors (Lipinski definition) is 1. The van der Waals surface area contributed by atoms with Gasteiger partial charge in [0.05, 0.1) is 33.6 Å². The second-order valence-electron chi connectivity index (χ2n) is 5.42. The van der Waals surface area contributed by atoms with Crippen LogP contribution in [0.4, 0.5) is 5.69 Å². The molecule has 2 aromatic rings. The predicted octanol–water partition coefficient (Wildman–Crippen LogP) is 3.01. The number of rotatable bonds is 7. The lowest BCUT2D eigenvalue weighted by Gasteiger charge is -2.16. The lowest BCUT2D eigenvalue weighted by molar-refractivity contribution is -0.123. The second kappa shape index (κ2) is 9.15. The molecule has 138 valence electrons. The van der Waals surface area contributed by atoms with E-state index in [1.807, 2.05) is 6.92 Å². The molecule has 0 saturated carbocycles. The Morgan fingerprint density at radius 1 is 1.12 bits per heavy atom. The van der Waals surface area contributed by atoms with E-state index in [4.69, 9.17) is 9.47 Å². The first-order valence-electron chi connectivity index (χ1n) is 8.10. The van der Waals surface area contributed by atoms with Gasteiger partial charge in [0.15, 0.2) is 6.10 Å². The van der Waals surface area contributed by atoms with Crippen LogP contribution in [0.15, 0.2) is 53.4 Å². The van der Waals surface area contributed by atoms with Crippen LogP contribution in [-0.2, 0) is 20.3 Å². The molecule has 0 aliphatic heterocycles. The highest BCUT2D eigenvalue weighted by molar-refractivity contribution is 7.84. The molecule has 0 aromatic heterocycles. The Morgan fingerprint density at radius 2 is 1.77 bits per heavy atom. The zero-order valence-corrected chi connectivity index (χ0v) is 15.7. The molecule has 0 saturated heterocycles. The van der Waals surface area contributed by atoms with E-state index in [0.29, 0.717) is 22.9 Å². The highest BCUT2D eigenvalue weighted by Gasteiger charge is 2.22. The zero-order chi connectivity index (χ0) is 19.1. The SMILES string of the molecule is CCOc1ccccc1NC(=O)[C@@H](C)OC(=O)c1ccccc1[S@@](C)=O. The number of carbonyl (C=O) groups excluding carboxylic acids is 2. The Morgan fingerprint density at radius 3 is 2.46 bits per heavy atom. The lowest BCUT2D eigenvalue weighted by Crippen LogP contribution is -2.30. The fourth-order valence-electron chi connectivity index (χ4n) is 2.25. The van der Waals surface area contributed by atoms with Crippen molar-refractivity contribution < 1.29 is 23.3 Å². The van der Waals surface area contributed by atoms with Crippen molar-refractivity contribution >= 4 is 28.4 Å². The summed E-state index contributed by atoms with van der Waals surface area (Å²) >= 11 is 0. The van der Waals surface area contributed by atoms with Gasteiger partial charge < -0.3 is 14.8 Å². The van der Waals surface area contributed by atoms with Crippen LogP contribution in [0.3, 0.4) is 0 Å². The van der Waals surface area contributed by atoms with Gasteiger partial charge in [-0.2, -0.15) is 0 Å². The second-order valence-corrected chi connectivity index (χ2v) is 6.76. The molecule has 0 heterocycles. The van der Waals surface area contributed by atoms with Crippen molar-refractivity contribution in [3.05, 3.63) is 54.1 Å². The van der Waals surface area contributed by atoms with E-state index >= 15 is 0 Å². The maximum atomic E-state index is 12.4. The summed E-state index contributed by atoms with van der Waals surface area (Å²) in [6, 6.07) is 13.5. The van der Waals surface area contributed by atoms with Crippen LogP contribution >= 0.6 is 0 Å². The summed E-state index contributed by atoms with van der Waals surface area (Å²) in [6.07, 6.45) is 0.447. The predicted molar refractivity (Wildman–Crippen MR) is 99.9 cm³/mol. The van der Waals surface area contributed by atoms with Gasteiger partial charge in [0.1, 0.15) is 5.75 Å². The highest BCUT2D eigenvalue weighted by Crippen LogP contribution is 2.24. The fourth-order valence-corrected chi connectivity index (χ4v) is 2.98. The van der Waals surface area contributed by atoms with Gasteiger partial charge >= 0.3 is 5.97 Å². The normalized spacial score (nSPS) is 12.7. The summed E-state index contributed by atoms with van der Waals surface area (Å²) in [4.78, 5) is 25.1. The number of hydrogen-bond acceptors (Lipinski definition) is 5. The maximum absolute atomic E-state index is 12.4. The van der Waals surface area contributed by atoms with Crippen LogP contribution in [0.25, 0.3) is 0 Å². The van der Waals surface area contributed by atoms with Gasteiger partial charge in [-0.05, 0) is 38.1 Å². The third kappa shape index (κ3) is 4.92. The first kappa shape index (κ1) is 19.7. The van der Waals surface area contributed by atoms with Crippen LogP contribution in [0.5, 0.6) is 5.75 Å². The van der Waals surface area contributed by atoms with Gasteiger partial charge in [0, 0.05) is 6.26 Å². The molecule has 1 N–H and O–H groups in total. The minimum atomic E-state index is -1.34. The van der Waals surface area contributed by atoms with Gasteiger partial charge in [-0.3, -0.25) is 9.00 Å². The number of anilines is 1. The van der Waals surface area contributed by atoms with Crippen molar-refractivity contribution in [3.8, 4) is 5.75 Å². The number of amides is 1. The van der Waals surface area contributed by atoms with E-state index in [-0.39, 0.29) is 5.56 Å². The number of benzene rings is 2. The molecule has 26 heavy (non-hydrogen) atoms. The molecule has 0 radical (unpaired) electrons. The molecule has 6 nitrogen and oxygen atoms in total. The molecule has 0 unspecified atom stereocenters. The van der Waals surface area contributed by atoms with Crippen LogP contribution in [0, 0.1) is 0 Å². The molecule has 2 aromatic carbocycles. The molecule has 7 heteroatoms. The van der Waals surface area contributed by atoms with Crippen molar-refractivity contribution in [2.45, 2.75) is 24.8 Å². The van der Waals surface area contributed by atoms with Crippen LogP contribution in [0.1, 0.15) is 24.2 Å². The molecule has 1 amide bonds. The Labute approximate surface area is 155 Å². The van der Waals surface area contributed by atoms with E-state index in [2.05, 4.69) is 5.32 Å². The smallest absolute Gasteiger partial charge is 0.340 e. The van der Waals surface area contributed by atoms with E-state index < -0.39 is 28.8 Å². The summed E-state index contributed by atoms with van der Waals surface area (Å²) in [5, 5.41) is 2.69. The molecule has 2 rings (SSSR count). The lowest BCUT2D eigenvalue weighted by atomic mass is 10.2. The Balaban J connectivity index is 2.08. The summed E-state index contributed by atoms with van der Waals surface area (Å²) < 4.78 is 22.4. The maximum Gasteiger partial charge on any atom is 0.340 e. The minimum Gasteiger partial charge on any atom is -0.492 e.